The molecular formula is C20H32O3. The van der Waals surface area contributed by atoms with E-state index < -0.39 is 6.29 Å². The first-order valence-electron chi connectivity index (χ1n) is 9.27. The maximum Gasteiger partial charge on any atom is 0.222 e. The van der Waals surface area contributed by atoms with Crippen LogP contribution in [0.1, 0.15) is 66.2 Å². The second kappa shape index (κ2) is 8.31. The van der Waals surface area contributed by atoms with Crippen LogP contribution in [0.3, 0.4) is 0 Å². The predicted octanol–water partition coefficient (Wildman–Crippen LogP) is 4.20. The molecule has 3 heteroatoms. The monoisotopic (exact) mass is 320 g/mol. The number of Topliss-reactive ketones (excluding diaryl/α,β-unsaturated/α-hetero) is 1. The van der Waals surface area contributed by atoms with Crippen LogP contribution >= 0.6 is 0 Å². The Morgan fingerprint density at radius 2 is 1.96 bits per heavy atom. The largest absolute Gasteiger partial charge is 0.342 e. The van der Waals surface area contributed by atoms with Crippen LogP contribution < -0.4 is 0 Å². The SMILES string of the molecule is CCOC(C#CC[C@@H](C)[C@H]1CC[C@H]2C(=O)CCC[C@]12C)OCC. The Hall–Kier alpha value is -0.850. The molecule has 0 aliphatic heterocycles. The van der Waals surface area contributed by atoms with Gasteiger partial charge in [0, 0.05) is 32.0 Å². The van der Waals surface area contributed by atoms with Crippen LogP contribution in [0.4, 0.5) is 0 Å². The molecule has 23 heavy (non-hydrogen) atoms. The molecule has 3 nitrogen and oxygen atoms in total. The maximum absolute atomic E-state index is 12.2. The van der Waals surface area contributed by atoms with Crippen LogP contribution in [0, 0.1) is 35.0 Å². The Balaban J connectivity index is 1.96. The molecule has 2 aliphatic carbocycles. The highest BCUT2D eigenvalue weighted by Gasteiger charge is 2.52. The van der Waals surface area contributed by atoms with Gasteiger partial charge in [0.25, 0.3) is 0 Å². The first-order valence-corrected chi connectivity index (χ1v) is 9.27. The molecule has 0 aromatic carbocycles. The summed E-state index contributed by atoms with van der Waals surface area (Å²) in [5.74, 6) is 8.32. The Morgan fingerprint density at radius 1 is 1.26 bits per heavy atom. The molecule has 0 spiro atoms. The van der Waals surface area contributed by atoms with Crippen LogP contribution in [0.2, 0.25) is 0 Å². The van der Waals surface area contributed by atoms with Crippen molar-refractivity contribution in [3.8, 4) is 11.8 Å². The van der Waals surface area contributed by atoms with E-state index in [-0.39, 0.29) is 5.41 Å². The maximum atomic E-state index is 12.2. The van der Waals surface area contributed by atoms with Crippen LogP contribution in [0.25, 0.3) is 0 Å². The van der Waals surface area contributed by atoms with Gasteiger partial charge < -0.3 is 9.47 Å². The lowest BCUT2D eigenvalue weighted by Crippen LogP contribution is -2.39. The van der Waals surface area contributed by atoms with Crippen LogP contribution in [0.5, 0.6) is 0 Å². The quantitative estimate of drug-likeness (QED) is 0.543. The van der Waals surface area contributed by atoms with Crippen LogP contribution in [-0.4, -0.2) is 25.3 Å². The Bertz CT molecular complexity index is 455. The zero-order chi connectivity index (χ0) is 16.9. The van der Waals surface area contributed by atoms with Gasteiger partial charge in [-0.15, -0.1) is 0 Å². The molecule has 0 aromatic rings. The van der Waals surface area contributed by atoms with Gasteiger partial charge in [0.1, 0.15) is 5.78 Å². The van der Waals surface area contributed by atoms with E-state index in [2.05, 4.69) is 25.7 Å². The third kappa shape index (κ3) is 4.17. The Kier molecular flexibility index (Phi) is 6.68. The molecule has 2 fully saturated rings. The van der Waals surface area contributed by atoms with Crippen molar-refractivity contribution >= 4 is 5.78 Å². The average molecular weight is 320 g/mol. The van der Waals surface area contributed by atoms with Crippen molar-refractivity contribution in [1.29, 1.82) is 0 Å². The average Bonchev–Trinajstić information content (AvgIpc) is 2.86. The molecule has 0 N–H and O–H groups in total. The van der Waals surface area contributed by atoms with E-state index in [0.29, 0.717) is 36.8 Å². The lowest BCUT2D eigenvalue weighted by molar-refractivity contribution is -0.130. The number of carbonyl (C=O) groups is 1. The minimum atomic E-state index is -0.402. The zero-order valence-electron chi connectivity index (χ0n) is 15.2. The Labute approximate surface area is 141 Å². The van der Waals surface area contributed by atoms with Crippen molar-refractivity contribution in [1.82, 2.24) is 0 Å². The second-order valence-electron chi connectivity index (χ2n) is 7.31. The van der Waals surface area contributed by atoms with Crippen molar-refractivity contribution < 1.29 is 14.3 Å². The highest BCUT2D eigenvalue weighted by atomic mass is 16.7. The number of ketones is 1. The first-order chi connectivity index (χ1) is 11.0. The molecule has 0 radical (unpaired) electrons. The Morgan fingerprint density at radius 3 is 2.61 bits per heavy atom. The molecular weight excluding hydrogens is 288 g/mol. The summed E-state index contributed by atoms with van der Waals surface area (Å²) in [5.41, 5.74) is 0.204. The molecule has 0 bridgehead atoms. The molecule has 2 aliphatic rings. The first kappa shape index (κ1) is 18.5. The van der Waals surface area contributed by atoms with E-state index in [1.54, 1.807) is 0 Å². The molecule has 0 unspecified atom stereocenters. The summed E-state index contributed by atoms with van der Waals surface area (Å²) in [4.78, 5) is 12.2. The summed E-state index contributed by atoms with van der Waals surface area (Å²) >= 11 is 0. The molecule has 0 aromatic heterocycles. The molecule has 0 heterocycles. The van der Waals surface area contributed by atoms with Gasteiger partial charge in [-0.1, -0.05) is 19.8 Å². The predicted molar refractivity (Wildman–Crippen MR) is 91.8 cm³/mol. The summed E-state index contributed by atoms with van der Waals surface area (Å²) in [7, 11) is 0. The van der Waals surface area contributed by atoms with Crippen LogP contribution in [-0.2, 0) is 14.3 Å². The molecule has 4 atom stereocenters. The highest BCUT2D eigenvalue weighted by Crippen LogP contribution is 2.56. The van der Waals surface area contributed by atoms with Gasteiger partial charge in [-0.25, -0.2) is 0 Å². The highest BCUT2D eigenvalue weighted by molar-refractivity contribution is 5.83. The van der Waals surface area contributed by atoms with Crippen molar-refractivity contribution in [2.24, 2.45) is 23.2 Å². The van der Waals surface area contributed by atoms with Crippen molar-refractivity contribution in [3.63, 3.8) is 0 Å². The molecule has 2 rings (SSSR count). The minimum absolute atomic E-state index is 0.204. The number of ether oxygens (including phenoxy) is 2. The van der Waals surface area contributed by atoms with Gasteiger partial charge in [0.2, 0.25) is 6.29 Å². The van der Waals surface area contributed by atoms with Gasteiger partial charge >= 0.3 is 0 Å². The summed E-state index contributed by atoms with van der Waals surface area (Å²) in [5, 5.41) is 0. The van der Waals surface area contributed by atoms with E-state index in [9.17, 15) is 4.79 Å². The summed E-state index contributed by atoms with van der Waals surface area (Å²) < 4.78 is 10.9. The fourth-order valence-corrected chi connectivity index (χ4v) is 4.78. The van der Waals surface area contributed by atoms with Gasteiger partial charge in [-0.3, -0.25) is 4.79 Å². The molecule has 0 saturated heterocycles. The summed E-state index contributed by atoms with van der Waals surface area (Å²) in [6.07, 6.45) is 5.78. The number of carbonyl (C=O) groups excluding carboxylic acids is 1. The van der Waals surface area contributed by atoms with E-state index in [4.69, 9.17) is 9.47 Å². The fraction of sp³-hybridized carbons (Fsp3) is 0.850. The van der Waals surface area contributed by atoms with Gasteiger partial charge in [0.05, 0.1) is 0 Å². The summed E-state index contributed by atoms with van der Waals surface area (Å²) in [6, 6.07) is 0. The van der Waals surface area contributed by atoms with E-state index >= 15 is 0 Å². The van der Waals surface area contributed by atoms with Crippen LogP contribution in [0.15, 0.2) is 0 Å². The van der Waals surface area contributed by atoms with Gasteiger partial charge in [-0.05, 0) is 62.7 Å². The fourth-order valence-electron chi connectivity index (χ4n) is 4.78. The van der Waals surface area contributed by atoms with Crippen molar-refractivity contribution in [2.45, 2.75) is 72.5 Å². The lowest BCUT2D eigenvalue weighted by Gasteiger charge is -2.42. The molecule has 2 saturated carbocycles. The zero-order valence-corrected chi connectivity index (χ0v) is 15.2. The van der Waals surface area contributed by atoms with Crippen molar-refractivity contribution in [2.75, 3.05) is 13.2 Å². The van der Waals surface area contributed by atoms with E-state index in [1.165, 1.54) is 12.8 Å². The molecule has 0 amide bonds. The van der Waals surface area contributed by atoms with E-state index in [0.717, 1.165) is 25.7 Å². The number of rotatable bonds is 6. The lowest BCUT2D eigenvalue weighted by atomic mass is 9.62. The number of hydrogen-bond donors (Lipinski definition) is 0. The number of fused-ring (bicyclic) bond motifs is 1. The normalized spacial score (nSPS) is 31.6. The van der Waals surface area contributed by atoms with Crippen molar-refractivity contribution in [3.05, 3.63) is 0 Å². The van der Waals surface area contributed by atoms with Gasteiger partial charge in [-0.2, -0.15) is 0 Å². The third-order valence-corrected chi connectivity index (χ3v) is 5.90. The standard InChI is InChI=1S/C20H32O3/c1-5-22-19(23-6-2)11-7-9-15(3)16-12-13-17-18(21)10-8-14-20(16,17)4/h15-17,19H,5-6,8-10,12-14H2,1-4H3/t15-,16-,17+,20-/m1/s1. The smallest absolute Gasteiger partial charge is 0.222 e. The minimum Gasteiger partial charge on any atom is -0.342 e. The van der Waals surface area contributed by atoms with Gasteiger partial charge in [0.15, 0.2) is 0 Å². The summed E-state index contributed by atoms with van der Waals surface area (Å²) in [6.45, 7) is 9.77. The second-order valence-corrected chi connectivity index (χ2v) is 7.31. The molecule has 130 valence electrons. The number of hydrogen-bond acceptors (Lipinski definition) is 3. The third-order valence-electron chi connectivity index (χ3n) is 5.90. The topological polar surface area (TPSA) is 35.5 Å². The van der Waals surface area contributed by atoms with E-state index in [1.807, 2.05) is 13.8 Å².